The second-order valence-corrected chi connectivity index (χ2v) is 9.27. The van der Waals surface area contributed by atoms with E-state index in [4.69, 9.17) is 32.7 Å². The molecule has 5 rings (SSSR count). The number of rotatable bonds is 4. The van der Waals surface area contributed by atoms with Gasteiger partial charge in [0.1, 0.15) is 5.52 Å². The van der Waals surface area contributed by atoms with Crippen molar-refractivity contribution in [1.29, 1.82) is 0 Å². The van der Waals surface area contributed by atoms with Gasteiger partial charge >= 0.3 is 0 Å². The summed E-state index contributed by atoms with van der Waals surface area (Å²) in [5, 5.41) is 6.03. The molecular weight excluding hydrogens is 459 g/mol. The quantitative estimate of drug-likeness (QED) is 0.334. The van der Waals surface area contributed by atoms with Gasteiger partial charge in [0.2, 0.25) is 0 Å². The lowest BCUT2D eigenvalue weighted by molar-refractivity contribution is 0.0482. The standard InChI is InChI=1S/C25H24Cl2N4O2/c1-4-17-12-18-23(29-30(3)24(18)14-9-15(26)11-16(27)10-14)20(5-2)31(17)25(32)22-13-19-21(33-22)7-6-8-28-19/h6-11,13,17,20H,4-5,12H2,1-3H3. The normalized spacial score (nSPS) is 18.0. The summed E-state index contributed by atoms with van der Waals surface area (Å²) in [6.07, 6.45) is 3.94. The number of pyridine rings is 1. The molecule has 1 aliphatic rings. The number of aryl methyl sites for hydroxylation is 1. The molecule has 0 N–H and O–H groups in total. The summed E-state index contributed by atoms with van der Waals surface area (Å²) in [4.78, 5) is 20.0. The van der Waals surface area contributed by atoms with Crippen molar-refractivity contribution in [3.63, 3.8) is 0 Å². The molecule has 1 aliphatic heterocycles. The van der Waals surface area contributed by atoms with Gasteiger partial charge in [-0.1, -0.05) is 37.0 Å². The third-order valence-electron chi connectivity index (χ3n) is 6.39. The number of carbonyl (C=O) groups is 1. The Kier molecular flexibility index (Phi) is 5.67. The predicted octanol–water partition coefficient (Wildman–Crippen LogP) is 6.46. The molecule has 0 radical (unpaired) electrons. The monoisotopic (exact) mass is 482 g/mol. The Morgan fingerprint density at radius 3 is 2.58 bits per heavy atom. The number of nitrogens with zero attached hydrogens (tertiary/aromatic N) is 4. The molecule has 8 heteroatoms. The van der Waals surface area contributed by atoms with Crippen molar-refractivity contribution in [3.05, 3.63) is 69.7 Å². The van der Waals surface area contributed by atoms with Crippen molar-refractivity contribution < 1.29 is 9.21 Å². The number of fused-ring (bicyclic) bond motifs is 2. The van der Waals surface area contributed by atoms with Gasteiger partial charge in [0, 0.05) is 46.5 Å². The van der Waals surface area contributed by atoms with Crippen molar-refractivity contribution >= 4 is 40.2 Å². The number of benzene rings is 1. The molecule has 4 heterocycles. The maximum Gasteiger partial charge on any atom is 0.290 e. The summed E-state index contributed by atoms with van der Waals surface area (Å²) < 4.78 is 7.75. The Balaban J connectivity index is 1.60. The first-order valence-electron chi connectivity index (χ1n) is 11.1. The Morgan fingerprint density at radius 2 is 1.91 bits per heavy atom. The number of halogens is 2. The van der Waals surface area contributed by atoms with E-state index in [1.165, 1.54) is 0 Å². The van der Waals surface area contributed by atoms with Crippen LogP contribution in [0.1, 0.15) is 54.5 Å². The van der Waals surface area contributed by atoms with Crippen molar-refractivity contribution in [2.24, 2.45) is 7.05 Å². The molecular formula is C25H24Cl2N4O2. The Labute approximate surface area is 202 Å². The number of amides is 1. The molecule has 170 valence electrons. The van der Waals surface area contributed by atoms with Gasteiger partial charge in [-0.25, -0.2) is 0 Å². The van der Waals surface area contributed by atoms with E-state index >= 15 is 0 Å². The van der Waals surface area contributed by atoms with Crippen LogP contribution in [-0.2, 0) is 13.5 Å². The van der Waals surface area contributed by atoms with E-state index in [0.717, 1.165) is 35.4 Å². The highest BCUT2D eigenvalue weighted by molar-refractivity contribution is 6.35. The second kappa shape index (κ2) is 8.50. The molecule has 2 unspecified atom stereocenters. The fourth-order valence-corrected chi connectivity index (χ4v) is 5.50. The van der Waals surface area contributed by atoms with Gasteiger partial charge in [0.15, 0.2) is 11.3 Å². The first kappa shape index (κ1) is 22.0. The molecule has 1 aromatic carbocycles. The zero-order valence-electron chi connectivity index (χ0n) is 18.7. The molecule has 0 spiro atoms. The maximum atomic E-state index is 13.7. The van der Waals surface area contributed by atoms with E-state index in [1.807, 2.05) is 34.8 Å². The van der Waals surface area contributed by atoms with Crippen LogP contribution in [0.3, 0.4) is 0 Å². The molecule has 0 fully saturated rings. The zero-order chi connectivity index (χ0) is 23.3. The van der Waals surface area contributed by atoms with Crippen LogP contribution in [0.5, 0.6) is 0 Å². The molecule has 3 aromatic heterocycles. The lowest BCUT2D eigenvalue weighted by Crippen LogP contribution is -2.47. The molecule has 0 saturated carbocycles. The minimum Gasteiger partial charge on any atom is -0.449 e. The van der Waals surface area contributed by atoms with Crippen molar-refractivity contribution in [2.45, 2.75) is 45.2 Å². The number of hydrogen-bond donors (Lipinski definition) is 0. The smallest absolute Gasteiger partial charge is 0.290 e. The van der Waals surface area contributed by atoms with Crippen molar-refractivity contribution in [2.75, 3.05) is 0 Å². The van der Waals surface area contributed by atoms with Gasteiger partial charge < -0.3 is 9.32 Å². The van der Waals surface area contributed by atoms with Crippen molar-refractivity contribution in [1.82, 2.24) is 19.7 Å². The third kappa shape index (κ3) is 3.71. The van der Waals surface area contributed by atoms with Crippen LogP contribution in [0.2, 0.25) is 10.0 Å². The lowest BCUT2D eigenvalue weighted by Gasteiger charge is -2.40. The van der Waals surface area contributed by atoms with Crippen LogP contribution >= 0.6 is 23.2 Å². The van der Waals surface area contributed by atoms with E-state index in [9.17, 15) is 4.79 Å². The molecule has 1 amide bonds. The highest BCUT2D eigenvalue weighted by Crippen LogP contribution is 2.42. The first-order chi connectivity index (χ1) is 15.9. The molecule has 6 nitrogen and oxygen atoms in total. The third-order valence-corrected chi connectivity index (χ3v) is 6.82. The number of furan rings is 1. The van der Waals surface area contributed by atoms with Crippen LogP contribution in [0.15, 0.2) is 47.0 Å². The van der Waals surface area contributed by atoms with E-state index < -0.39 is 0 Å². The lowest BCUT2D eigenvalue weighted by atomic mass is 9.87. The Hall–Kier alpha value is -2.83. The second-order valence-electron chi connectivity index (χ2n) is 8.39. The number of aromatic nitrogens is 3. The van der Waals surface area contributed by atoms with Crippen LogP contribution in [0.4, 0.5) is 0 Å². The molecule has 33 heavy (non-hydrogen) atoms. The summed E-state index contributed by atoms with van der Waals surface area (Å²) >= 11 is 12.6. The fraction of sp³-hybridized carbons (Fsp3) is 0.320. The highest BCUT2D eigenvalue weighted by Gasteiger charge is 2.41. The van der Waals surface area contributed by atoms with Crippen LogP contribution in [0.25, 0.3) is 22.4 Å². The molecule has 0 saturated heterocycles. The Morgan fingerprint density at radius 1 is 1.15 bits per heavy atom. The minimum atomic E-state index is -0.165. The zero-order valence-corrected chi connectivity index (χ0v) is 20.2. The van der Waals surface area contributed by atoms with E-state index in [2.05, 4.69) is 18.8 Å². The average Bonchev–Trinajstić information content (AvgIpc) is 3.36. The first-order valence-corrected chi connectivity index (χ1v) is 11.9. The predicted molar refractivity (Wildman–Crippen MR) is 130 cm³/mol. The Bertz CT molecular complexity index is 1310. The summed E-state index contributed by atoms with van der Waals surface area (Å²) in [7, 11) is 1.92. The van der Waals surface area contributed by atoms with Gasteiger partial charge in [-0.2, -0.15) is 5.10 Å². The molecule has 2 atom stereocenters. The minimum absolute atomic E-state index is 0.00808. The molecule has 0 bridgehead atoms. The summed E-state index contributed by atoms with van der Waals surface area (Å²) in [6, 6.07) is 10.7. The molecule has 0 aliphatic carbocycles. The topological polar surface area (TPSA) is 64.2 Å². The summed E-state index contributed by atoms with van der Waals surface area (Å²) in [6.45, 7) is 4.19. The number of carbonyl (C=O) groups excluding carboxylic acids is 1. The summed E-state index contributed by atoms with van der Waals surface area (Å²) in [5.74, 6) is 0.178. The molecule has 4 aromatic rings. The van der Waals surface area contributed by atoms with E-state index in [1.54, 1.807) is 24.4 Å². The average molecular weight is 483 g/mol. The van der Waals surface area contributed by atoms with Crippen LogP contribution < -0.4 is 0 Å². The fourth-order valence-electron chi connectivity index (χ4n) is 4.97. The van der Waals surface area contributed by atoms with Crippen LogP contribution in [-0.4, -0.2) is 31.6 Å². The highest BCUT2D eigenvalue weighted by atomic mass is 35.5. The maximum absolute atomic E-state index is 13.7. The van der Waals surface area contributed by atoms with E-state index in [0.29, 0.717) is 33.3 Å². The van der Waals surface area contributed by atoms with Crippen LogP contribution in [0, 0.1) is 0 Å². The largest absolute Gasteiger partial charge is 0.449 e. The van der Waals surface area contributed by atoms with Gasteiger partial charge in [-0.15, -0.1) is 0 Å². The summed E-state index contributed by atoms with van der Waals surface area (Å²) in [5.41, 5.74) is 5.27. The van der Waals surface area contributed by atoms with Crippen molar-refractivity contribution in [3.8, 4) is 11.3 Å². The number of hydrogen-bond acceptors (Lipinski definition) is 4. The SMILES string of the molecule is CCC1Cc2c(nn(C)c2-c2cc(Cl)cc(Cl)c2)C(CC)N1C(=O)c1cc2ncccc2o1. The van der Waals surface area contributed by atoms with Gasteiger partial charge in [0.05, 0.1) is 17.4 Å². The van der Waals surface area contributed by atoms with Gasteiger partial charge in [0.25, 0.3) is 5.91 Å². The van der Waals surface area contributed by atoms with E-state index in [-0.39, 0.29) is 18.0 Å². The van der Waals surface area contributed by atoms with Gasteiger partial charge in [-0.3, -0.25) is 14.5 Å². The van der Waals surface area contributed by atoms with Gasteiger partial charge in [-0.05, 0) is 49.6 Å².